The Kier molecular flexibility index (Phi) is 5.89. The standard InChI is InChI=1S/C21H28N6O/c1-26-8-10-27(11-9-26)12-13-28-17-6-7-19-18(14-17)21(25-20(15-22)24-19)23-16-4-2-3-5-16/h6-7,14,16H,2-5,8-13H2,1H3,(H,23,24,25). The minimum Gasteiger partial charge on any atom is -0.492 e. The molecule has 0 unspecified atom stereocenters. The van der Waals surface area contributed by atoms with Crippen molar-refractivity contribution in [2.75, 3.05) is 51.7 Å². The SMILES string of the molecule is CN1CCN(CCOc2ccc3nc(C#N)nc(NC4CCCC4)c3c2)CC1. The summed E-state index contributed by atoms with van der Waals surface area (Å²) in [5.74, 6) is 1.78. The Morgan fingerprint density at radius 3 is 2.71 bits per heavy atom. The molecule has 1 N–H and O–H groups in total. The molecule has 28 heavy (non-hydrogen) atoms. The minimum atomic E-state index is 0.205. The third-order valence-corrected chi connectivity index (χ3v) is 5.74. The fourth-order valence-corrected chi connectivity index (χ4v) is 3.98. The van der Waals surface area contributed by atoms with Gasteiger partial charge >= 0.3 is 0 Å². The lowest BCUT2D eigenvalue weighted by Crippen LogP contribution is -2.45. The van der Waals surface area contributed by atoms with Crippen molar-refractivity contribution < 1.29 is 4.74 Å². The highest BCUT2D eigenvalue weighted by Gasteiger charge is 2.18. The van der Waals surface area contributed by atoms with Gasteiger partial charge in [0.05, 0.1) is 5.52 Å². The molecule has 1 aromatic heterocycles. The fraction of sp³-hybridized carbons (Fsp3) is 0.571. The topological polar surface area (TPSA) is 77.3 Å². The smallest absolute Gasteiger partial charge is 0.234 e. The highest BCUT2D eigenvalue weighted by molar-refractivity contribution is 5.90. The number of benzene rings is 1. The van der Waals surface area contributed by atoms with Crippen LogP contribution in [0.15, 0.2) is 18.2 Å². The molecule has 1 saturated heterocycles. The number of rotatable bonds is 6. The summed E-state index contributed by atoms with van der Waals surface area (Å²) in [6, 6.07) is 8.34. The average molecular weight is 380 g/mol. The fourth-order valence-electron chi connectivity index (χ4n) is 3.98. The van der Waals surface area contributed by atoms with Crippen LogP contribution in [-0.4, -0.2) is 72.2 Å². The molecule has 7 nitrogen and oxygen atoms in total. The van der Waals surface area contributed by atoms with Gasteiger partial charge < -0.3 is 15.0 Å². The van der Waals surface area contributed by atoms with E-state index in [4.69, 9.17) is 4.74 Å². The highest BCUT2D eigenvalue weighted by atomic mass is 16.5. The van der Waals surface area contributed by atoms with Gasteiger partial charge in [0.15, 0.2) is 0 Å². The molecule has 148 valence electrons. The van der Waals surface area contributed by atoms with E-state index in [2.05, 4.69) is 38.2 Å². The number of likely N-dealkylation sites (N-methyl/N-ethyl adjacent to an activating group) is 1. The number of piperazine rings is 1. The predicted molar refractivity (Wildman–Crippen MR) is 110 cm³/mol. The molecule has 1 aromatic carbocycles. The van der Waals surface area contributed by atoms with Crippen molar-refractivity contribution in [3.63, 3.8) is 0 Å². The Morgan fingerprint density at radius 2 is 1.96 bits per heavy atom. The van der Waals surface area contributed by atoms with E-state index in [1.165, 1.54) is 12.8 Å². The number of aromatic nitrogens is 2. The number of nitrogens with one attached hydrogen (secondary N) is 1. The molecule has 0 atom stereocenters. The Labute approximate surface area is 166 Å². The van der Waals surface area contributed by atoms with Crippen molar-refractivity contribution in [3.8, 4) is 11.8 Å². The Hall–Kier alpha value is -2.43. The molecule has 2 aromatic rings. The lowest BCUT2D eigenvalue weighted by Gasteiger charge is -2.32. The zero-order valence-corrected chi connectivity index (χ0v) is 16.5. The number of hydrogen-bond acceptors (Lipinski definition) is 7. The highest BCUT2D eigenvalue weighted by Crippen LogP contribution is 2.28. The maximum Gasteiger partial charge on any atom is 0.234 e. The van der Waals surface area contributed by atoms with Gasteiger partial charge in [-0.05, 0) is 38.1 Å². The molecule has 1 aliphatic carbocycles. The molecule has 2 fully saturated rings. The molecule has 0 amide bonds. The van der Waals surface area contributed by atoms with Gasteiger partial charge in [-0.1, -0.05) is 12.8 Å². The first kappa shape index (κ1) is 18.9. The summed E-state index contributed by atoms with van der Waals surface area (Å²) in [5, 5.41) is 13.7. The molecule has 1 saturated carbocycles. The van der Waals surface area contributed by atoms with E-state index in [-0.39, 0.29) is 5.82 Å². The van der Waals surface area contributed by atoms with Gasteiger partial charge in [0.1, 0.15) is 24.2 Å². The zero-order chi connectivity index (χ0) is 19.3. The largest absolute Gasteiger partial charge is 0.492 e. The third kappa shape index (κ3) is 4.51. The summed E-state index contributed by atoms with van der Waals surface area (Å²) < 4.78 is 6.02. The van der Waals surface area contributed by atoms with E-state index in [1.807, 2.05) is 18.2 Å². The predicted octanol–water partition coefficient (Wildman–Crippen LogP) is 2.48. The number of anilines is 1. The van der Waals surface area contributed by atoms with Crippen LogP contribution in [0.25, 0.3) is 10.9 Å². The Morgan fingerprint density at radius 1 is 1.18 bits per heavy atom. The van der Waals surface area contributed by atoms with Gasteiger partial charge in [0.2, 0.25) is 5.82 Å². The van der Waals surface area contributed by atoms with Crippen LogP contribution < -0.4 is 10.1 Å². The molecule has 4 rings (SSSR count). The lowest BCUT2D eigenvalue weighted by atomic mass is 10.2. The summed E-state index contributed by atoms with van der Waals surface area (Å²) in [7, 11) is 2.17. The van der Waals surface area contributed by atoms with Crippen LogP contribution in [0, 0.1) is 11.3 Å². The Balaban J connectivity index is 1.46. The number of ether oxygens (including phenoxy) is 1. The average Bonchev–Trinajstić information content (AvgIpc) is 3.22. The summed E-state index contributed by atoms with van der Waals surface area (Å²) in [6.07, 6.45) is 4.78. The van der Waals surface area contributed by atoms with E-state index in [0.29, 0.717) is 12.6 Å². The molecular weight excluding hydrogens is 352 g/mol. The van der Waals surface area contributed by atoms with Crippen molar-refractivity contribution >= 4 is 16.7 Å². The quantitative estimate of drug-likeness (QED) is 0.825. The monoisotopic (exact) mass is 380 g/mol. The lowest BCUT2D eigenvalue weighted by molar-refractivity contribution is 0.134. The molecular formula is C21H28N6O. The van der Waals surface area contributed by atoms with Crippen LogP contribution in [0.5, 0.6) is 5.75 Å². The number of nitrogens with zero attached hydrogens (tertiary/aromatic N) is 5. The molecule has 7 heteroatoms. The van der Waals surface area contributed by atoms with E-state index in [0.717, 1.165) is 68.0 Å². The van der Waals surface area contributed by atoms with Gasteiger partial charge in [-0.2, -0.15) is 5.26 Å². The van der Waals surface area contributed by atoms with Gasteiger partial charge in [0, 0.05) is 44.2 Å². The summed E-state index contributed by atoms with van der Waals surface area (Å²) in [4.78, 5) is 13.6. The van der Waals surface area contributed by atoms with Crippen molar-refractivity contribution in [1.82, 2.24) is 19.8 Å². The van der Waals surface area contributed by atoms with Crippen LogP contribution in [0.4, 0.5) is 5.82 Å². The third-order valence-electron chi connectivity index (χ3n) is 5.74. The molecule has 0 bridgehead atoms. The minimum absolute atomic E-state index is 0.205. The van der Waals surface area contributed by atoms with Crippen molar-refractivity contribution in [2.24, 2.45) is 0 Å². The van der Waals surface area contributed by atoms with Crippen LogP contribution >= 0.6 is 0 Å². The molecule has 2 heterocycles. The maximum atomic E-state index is 9.26. The first-order chi connectivity index (χ1) is 13.7. The molecule has 2 aliphatic rings. The van der Waals surface area contributed by atoms with Crippen LogP contribution in [0.2, 0.25) is 0 Å². The molecule has 0 spiro atoms. The van der Waals surface area contributed by atoms with E-state index in [1.54, 1.807) is 0 Å². The second-order valence-electron chi connectivity index (χ2n) is 7.81. The van der Waals surface area contributed by atoms with Gasteiger partial charge in [-0.25, -0.2) is 9.97 Å². The van der Waals surface area contributed by atoms with E-state index >= 15 is 0 Å². The van der Waals surface area contributed by atoms with E-state index < -0.39 is 0 Å². The normalized spacial score (nSPS) is 19.0. The number of nitriles is 1. The van der Waals surface area contributed by atoms with Crippen molar-refractivity contribution in [1.29, 1.82) is 5.26 Å². The van der Waals surface area contributed by atoms with Crippen molar-refractivity contribution in [3.05, 3.63) is 24.0 Å². The first-order valence-corrected chi connectivity index (χ1v) is 10.2. The maximum absolute atomic E-state index is 9.26. The van der Waals surface area contributed by atoms with E-state index in [9.17, 15) is 5.26 Å². The van der Waals surface area contributed by atoms with Gasteiger partial charge in [0.25, 0.3) is 0 Å². The summed E-state index contributed by atoms with van der Waals surface area (Å²) in [6.45, 7) is 6.02. The molecule has 0 radical (unpaired) electrons. The summed E-state index contributed by atoms with van der Waals surface area (Å²) in [5.41, 5.74) is 0.776. The number of hydrogen-bond donors (Lipinski definition) is 1. The van der Waals surface area contributed by atoms with Gasteiger partial charge in [-0.15, -0.1) is 0 Å². The number of fused-ring (bicyclic) bond motifs is 1. The Bertz CT molecular complexity index is 850. The van der Waals surface area contributed by atoms with Crippen LogP contribution in [-0.2, 0) is 0 Å². The van der Waals surface area contributed by atoms with Crippen molar-refractivity contribution in [2.45, 2.75) is 31.7 Å². The van der Waals surface area contributed by atoms with Crippen LogP contribution in [0.1, 0.15) is 31.5 Å². The first-order valence-electron chi connectivity index (χ1n) is 10.2. The zero-order valence-electron chi connectivity index (χ0n) is 16.5. The summed E-state index contributed by atoms with van der Waals surface area (Å²) >= 11 is 0. The molecule has 1 aliphatic heterocycles. The van der Waals surface area contributed by atoms with Gasteiger partial charge in [-0.3, -0.25) is 4.90 Å². The second-order valence-corrected chi connectivity index (χ2v) is 7.81. The second kappa shape index (κ2) is 8.72. The van der Waals surface area contributed by atoms with Crippen LogP contribution in [0.3, 0.4) is 0 Å².